The predicted octanol–water partition coefficient (Wildman–Crippen LogP) is 2.03. The molecule has 0 radical (unpaired) electrons. The van der Waals surface area contributed by atoms with Crippen LogP contribution in [-0.4, -0.2) is 43.0 Å². The number of carbonyl (C=O) groups excluding carboxylic acids is 1. The van der Waals surface area contributed by atoms with Gasteiger partial charge in [0.1, 0.15) is 5.82 Å². The molecule has 11 heteroatoms. The van der Waals surface area contributed by atoms with E-state index in [1.807, 2.05) is 6.92 Å². The number of aromatic nitrogens is 5. The zero-order valence-electron chi connectivity index (χ0n) is 17.0. The van der Waals surface area contributed by atoms with Crippen molar-refractivity contribution in [3.63, 3.8) is 0 Å². The molecule has 1 amide bonds. The molecule has 1 aliphatic rings. The normalized spacial score (nSPS) is 18.5. The van der Waals surface area contributed by atoms with Gasteiger partial charge >= 0.3 is 0 Å². The van der Waals surface area contributed by atoms with Gasteiger partial charge in [-0.2, -0.15) is 10.2 Å². The lowest BCUT2D eigenvalue weighted by atomic mass is 9.91. The molecule has 162 valence electrons. The van der Waals surface area contributed by atoms with Gasteiger partial charge in [-0.15, -0.1) is 4.80 Å². The van der Waals surface area contributed by atoms with Crippen molar-refractivity contribution in [2.45, 2.75) is 44.7 Å². The average molecular weight is 425 g/mol. The van der Waals surface area contributed by atoms with Crippen LogP contribution >= 0.6 is 0 Å². The van der Waals surface area contributed by atoms with Crippen molar-refractivity contribution in [1.82, 2.24) is 25.0 Å². The smallest absolute Gasteiger partial charge is 0.252 e. The number of rotatable bonds is 6. The molecule has 10 nitrogen and oxygen atoms in total. The van der Waals surface area contributed by atoms with Gasteiger partial charge in [-0.25, -0.2) is 14.4 Å². The molecule has 3 aromatic rings. The molecule has 1 fully saturated rings. The molecule has 1 saturated carbocycles. The third-order valence-corrected chi connectivity index (χ3v) is 5.30. The van der Waals surface area contributed by atoms with E-state index in [0.717, 1.165) is 37.3 Å². The van der Waals surface area contributed by atoms with Crippen molar-refractivity contribution in [3.8, 4) is 5.82 Å². The Hall–Kier alpha value is -3.60. The highest BCUT2D eigenvalue weighted by atomic mass is 19.1. The minimum atomic E-state index is -0.795. The van der Waals surface area contributed by atoms with Crippen LogP contribution < -0.4 is 22.1 Å². The largest absolute Gasteiger partial charge is 0.365 e. The molecule has 0 aromatic carbocycles. The minimum absolute atomic E-state index is 0.0249. The lowest BCUT2D eigenvalue weighted by Crippen LogP contribution is -2.43. The van der Waals surface area contributed by atoms with Crippen LogP contribution in [0.2, 0.25) is 0 Å². The first-order valence-corrected chi connectivity index (χ1v) is 10.0. The van der Waals surface area contributed by atoms with Gasteiger partial charge in [0.15, 0.2) is 17.5 Å². The van der Waals surface area contributed by atoms with Gasteiger partial charge < -0.3 is 22.1 Å². The fourth-order valence-corrected chi connectivity index (χ4v) is 3.69. The molecule has 31 heavy (non-hydrogen) atoms. The van der Waals surface area contributed by atoms with Crippen molar-refractivity contribution in [2.24, 2.45) is 11.5 Å². The summed E-state index contributed by atoms with van der Waals surface area (Å²) in [6.45, 7) is 1.85. The summed E-state index contributed by atoms with van der Waals surface area (Å²) in [4.78, 5) is 22.0. The van der Waals surface area contributed by atoms with Crippen LogP contribution in [0.3, 0.4) is 0 Å². The Kier molecular flexibility index (Phi) is 5.76. The number of carbonyl (C=O) groups is 1. The van der Waals surface area contributed by atoms with Crippen LogP contribution in [0, 0.1) is 12.7 Å². The maximum atomic E-state index is 14.7. The number of nitrogens with one attached hydrogen (secondary N) is 2. The number of hydrogen-bond acceptors (Lipinski definition) is 8. The third-order valence-electron chi connectivity index (χ3n) is 5.30. The average Bonchev–Trinajstić information content (AvgIpc) is 3.26. The van der Waals surface area contributed by atoms with Gasteiger partial charge in [-0.3, -0.25) is 4.79 Å². The fraction of sp³-hybridized carbons (Fsp3) is 0.350. The van der Waals surface area contributed by atoms with Crippen LogP contribution in [0.15, 0.2) is 30.7 Å². The Morgan fingerprint density at radius 1 is 1.19 bits per heavy atom. The topological polar surface area (TPSA) is 150 Å². The van der Waals surface area contributed by atoms with E-state index in [4.69, 9.17) is 11.5 Å². The number of amides is 1. The number of primary amides is 1. The third kappa shape index (κ3) is 4.45. The standard InChI is InChI=1S/C20H24FN9O/c1-11-8-12(10-24-20(11)30-25-6-7-26-30)27-18-13(17(23)31)9-14(21)19(29-18)28-16-5-3-2-4-15(16)22/h6-10,15-16H,2-5,22H2,1H3,(H2,23,31)(H2,27,28,29)/t15-,16+/m0/s1. The van der Waals surface area contributed by atoms with E-state index in [0.29, 0.717) is 11.5 Å². The first kappa shape index (κ1) is 20.7. The molecule has 0 bridgehead atoms. The van der Waals surface area contributed by atoms with E-state index in [2.05, 4.69) is 30.8 Å². The maximum absolute atomic E-state index is 14.7. The number of anilines is 3. The molecule has 0 unspecified atom stereocenters. The van der Waals surface area contributed by atoms with Crippen LogP contribution in [0.1, 0.15) is 41.6 Å². The Bertz CT molecular complexity index is 1090. The van der Waals surface area contributed by atoms with E-state index in [1.165, 1.54) is 4.80 Å². The Morgan fingerprint density at radius 2 is 1.94 bits per heavy atom. The number of nitrogens with zero attached hydrogens (tertiary/aromatic N) is 5. The van der Waals surface area contributed by atoms with Crippen LogP contribution in [-0.2, 0) is 0 Å². The Labute approximate surface area is 178 Å². The van der Waals surface area contributed by atoms with Crippen molar-refractivity contribution >= 4 is 23.2 Å². The van der Waals surface area contributed by atoms with E-state index in [9.17, 15) is 9.18 Å². The zero-order valence-corrected chi connectivity index (χ0v) is 17.0. The summed E-state index contributed by atoms with van der Waals surface area (Å²) in [6, 6.07) is 2.70. The lowest BCUT2D eigenvalue weighted by molar-refractivity contribution is 0.100. The van der Waals surface area contributed by atoms with E-state index < -0.39 is 11.7 Å². The highest BCUT2D eigenvalue weighted by molar-refractivity contribution is 5.98. The summed E-state index contributed by atoms with van der Waals surface area (Å²) in [6.07, 6.45) is 8.43. The molecule has 3 aromatic heterocycles. The maximum Gasteiger partial charge on any atom is 0.252 e. The minimum Gasteiger partial charge on any atom is -0.365 e. The van der Waals surface area contributed by atoms with Gasteiger partial charge in [0, 0.05) is 12.1 Å². The number of nitrogens with two attached hydrogens (primary N) is 2. The summed E-state index contributed by atoms with van der Waals surface area (Å²) < 4.78 is 14.7. The van der Waals surface area contributed by atoms with E-state index in [1.54, 1.807) is 24.7 Å². The molecule has 0 spiro atoms. The second-order valence-corrected chi connectivity index (χ2v) is 7.59. The predicted molar refractivity (Wildman–Crippen MR) is 114 cm³/mol. The molecule has 0 saturated heterocycles. The van der Waals surface area contributed by atoms with Gasteiger partial charge in [0.25, 0.3) is 5.91 Å². The molecule has 4 rings (SSSR count). The quantitative estimate of drug-likeness (QED) is 0.468. The van der Waals surface area contributed by atoms with Gasteiger partial charge in [-0.05, 0) is 37.5 Å². The number of pyridine rings is 2. The highest BCUT2D eigenvalue weighted by Gasteiger charge is 2.24. The lowest BCUT2D eigenvalue weighted by Gasteiger charge is -2.30. The Balaban J connectivity index is 1.63. The summed E-state index contributed by atoms with van der Waals surface area (Å²) >= 11 is 0. The summed E-state index contributed by atoms with van der Waals surface area (Å²) in [5.41, 5.74) is 12.9. The number of halogens is 1. The Morgan fingerprint density at radius 3 is 2.61 bits per heavy atom. The highest BCUT2D eigenvalue weighted by Crippen LogP contribution is 2.27. The number of hydrogen-bond donors (Lipinski definition) is 4. The van der Waals surface area contributed by atoms with Crippen LogP contribution in [0.4, 0.5) is 21.7 Å². The molecular formula is C20H24FN9O. The molecule has 6 N–H and O–H groups in total. The van der Waals surface area contributed by atoms with Gasteiger partial charge in [0.05, 0.1) is 29.8 Å². The summed E-state index contributed by atoms with van der Waals surface area (Å²) in [7, 11) is 0. The molecular weight excluding hydrogens is 401 g/mol. The SMILES string of the molecule is Cc1cc(Nc2nc(N[C@@H]3CCCC[C@@H]3N)c(F)cc2C(N)=O)cnc1-n1nccn1. The van der Waals surface area contributed by atoms with Crippen molar-refractivity contribution in [3.05, 3.63) is 47.7 Å². The first-order chi connectivity index (χ1) is 14.9. The second kappa shape index (κ2) is 8.64. The fourth-order valence-electron chi connectivity index (χ4n) is 3.69. The summed E-state index contributed by atoms with van der Waals surface area (Å²) in [5.74, 6) is -0.737. The first-order valence-electron chi connectivity index (χ1n) is 10.0. The van der Waals surface area contributed by atoms with Crippen LogP contribution in [0.5, 0.6) is 0 Å². The number of aryl methyl sites for hydroxylation is 1. The van der Waals surface area contributed by atoms with Crippen molar-refractivity contribution < 1.29 is 9.18 Å². The molecule has 0 aliphatic heterocycles. The van der Waals surface area contributed by atoms with E-state index in [-0.39, 0.29) is 29.3 Å². The van der Waals surface area contributed by atoms with E-state index >= 15 is 0 Å². The van der Waals surface area contributed by atoms with Gasteiger partial charge in [0.2, 0.25) is 0 Å². The molecule has 1 aliphatic carbocycles. The van der Waals surface area contributed by atoms with Gasteiger partial charge in [-0.1, -0.05) is 12.8 Å². The summed E-state index contributed by atoms with van der Waals surface area (Å²) in [5, 5.41) is 14.3. The van der Waals surface area contributed by atoms with Crippen molar-refractivity contribution in [1.29, 1.82) is 0 Å². The van der Waals surface area contributed by atoms with Crippen molar-refractivity contribution in [2.75, 3.05) is 10.6 Å². The van der Waals surface area contributed by atoms with Crippen LogP contribution in [0.25, 0.3) is 5.82 Å². The second-order valence-electron chi connectivity index (χ2n) is 7.59. The molecule has 2 atom stereocenters. The zero-order chi connectivity index (χ0) is 22.0. The molecule has 3 heterocycles. The monoisotopic (exact) mass is 425 g/mol.